The Kier molecular flexibility index (Phi) is 4.35. The van der Waals surface area contributed by atoms with E-state index in [1.54, 1.807) is 23.1 Å². The van der Waals surface area contributed by atoms with Gasteiger partial charge in [0.25, 0.3) is 0 Å². The maximum Gasteiger partial charge on any atom is 0.232 e. The van der Waals surface area contributed by atoms with E-state index >= 15 is 0 Å². The minimum Gasteiger partial charge on any atom is -0.326 e. The lowest BCUT2D eigenvalue weighted by Crippen LogP contribution is -2.31. The topological polar surface area (TPSA) is 78.5 Å². The van der Waals surface area contributed by atoms with E-state index in [4.69, 9.17) is 0 Å². The van der Waals surface area contributed by atoms with Gasteiger partial charge in [0, 0.05) is 36.4 Å². The van der Waals surface area contributed by atoms with Crippen LogP contribution in [0.15, 0.2) is 42.5 Å². The van der Waals surface area contributed by atoms with Crippen molar-refractivity contribution in [1.29, 1.82) is 0 Å². The highest BCUT2D eigenvalue weighted by molar-refractivity contribution is 6.05. The molecule has 0 radical (unpaired) electrons. The minimum atomic E-state index is -0.702. The van der Waals surface area contributed by atoms with Crippen molar-refractivity contribution < 1.29 is 18.8 Å². The van der Waals surface area contributed by atoms with Crippen LogP contribution in [-0.4, -0.2) is 24.3 Å². The highest BCUT2D eigenvalue weighted by Gasteiger charge is 2.31. The Morgan fingerprint density at radius 3 is 2.81 bits per heavy atom. The Morgan fingerprint density at radius 2 is 2.04 bits per heavy atom. The van der Waals surface area contributed by atoms with Gasteiger partial charge in [-0.2, -0.15) is 0 Å². The Morgan fingerprint density at radius 1 is 1.19 bits per heavy atom. The molecule has 7 heteroatoms. The summed E-state index contributed by atoms with van der Waals surface area (Å²) in [5.74, 6) is -1.78. The van der Waals surface area contributed by atoms with Gasteiger partial charge in [0.1, 0.15) is 5.82 Å². The minimum absolute atomic E-state index is 0.00519. The fraction of sp³-hybridized carbons (Fsp3) is 0.250. The molecule has 2 aromatic rings. The second kappa shape index (κ2) is 6.83. The molecular weight excluding hydrogens is 349 g/mol. The van der Waals surface area contributed by atoms with E-state index in [0.29, 0.717) is 29.9 Å². The van der Waals surface area contributed by atoms with E-state index in [-0.39, 0.29) is 24.1 Å². The predicted molar refractivity (Wildman–Crippen MR) is 99.0 cm³/mol. The SMILES string of the molecule is O=C1CC(C(=O)Nc2cccc(N3CCCC3=O)c2)c2ccc(F)cc2N1. The first-order chi connectivity index (χ1) is 13.0. The summed E-state index contributed by atoms with van der Waals surface area (Å²) in [7, 11) is 0. The summed E-state index contributed by atoms with van der Waals surface area (Å²) in [6, 6.07) is 11.1. The lowest BCUT2D eigenvalue weighted by atomic mass is 9.89. The van der Waals surface area contributed by atoms with Crippen LogP contribution in [0.3, 0.4) is 0 Å². The van der Waals surface area contributed by atoms with Crippen LogP contribution in [-0.2, 0) is 14.4 Å². The molecular formula is C20H18FN3O3. The van der Waals surface area contributed by atoms with Gasteiger partial charge < -0.3 is 15.5 Å². The lowest BCUT2D eigenvalue weighted by molar-refractivity contribution is -0.123. The van der Waals surface area contributed by atoms with Crippen molar-refractivity contribution in [2.75, 3.05) is 22.1 Å². The first-order valence-corrected chi connectivity index (χ1v) is 8.82. The molecule has 2 aliphatic heterocycles. The van der Waals surface area contributed by atoms with E-state index in [2.05, 4.69) is 10.6 Å². The molecule has 3 amide bonds. The zero-order valence-electron chi connectivity index (χ0n) is 14.5. The van der Waals surface area contributed by atoms with Crippen LogP contribution in [0.5, 0.6) is 0 Å². The quantitative estimate of drug-likeness (QED) is 0.875. The lowest BCUT2D eigenvalue weighted by Gasteiger charge is -2.25. The Labute approximate surface area is 155 Å². The monoisotopic (exact) mass is 367 g/mol. The number of halogens is 1. The summed E-state index contributed by atoms with van der Waals surface area (Å²) >= 11 is 0. The summed E-state index contributed by atoms with van der Waals surface area (Å²) in [6.07, 6.45) is 1.34. The number of nitrogens with one attached hydrogen (secondary N) is 2. The molecule has 1 unspecified atom stereocenters. The van der Waals surface area contributed by atoms with Crippen molar-refractivity contribution in [1.82, 2.24) is 0 Å². The second-order valence-electron chi connectivity index (χ2n) is 6.72. The number of benzene rings is 2. The third-order valence-corrected chi connectivity index (χ3v) is 4.87. The van der Waals surface area contributed by atoms with Gasteiger partial charge in [0.05, 0.1) is 5.92 Å². The fourth-order valence-electron chi connectivity index (χ4n) is 3.57. The molecule has 1 atom stereocenters. The Bertz CT molecular complexity index is 944. The van der Waals surface area contributed by atoms with E-state index in [1.807, 2.05) is 6.07 Å². The molecule has 2 aromatic carbocycles. The van der Waals surface area contributed by atoms with E-state index in [0.717, 1.165) is 12.1 Å². The predicted octanol–water partition coefficient (Wildman–Crippen LogP) is 3.02. The zero-order chi connectivity index (χ0) is 19.0. The molecule has 0 bridgehead atoms. The molecule has 1 fully saturated rings. The normalized spacial score (nSPS) is 18.9. The number of hydrogen-bond donors (Lipinski definition) is 2. The van der Waals surface area contributed by atoms with Gasteiger partial charge in [-0.3, -0.25) is 14.4 Å². The van der Waals surface area contributed by atoms with Crippen molar-refractivity contribution in [3.8, 4) is 0 Å². The number of carbonyl (C=O) groups excluding carboxylic acids is 3. The highest BCUT2D eigenvalue weighted by atomic mass is 19.1. The number of hydrogen-bond acceptors (Lipinski definition) is 3. The molecule has 0 aliphatic carbocycles. The summed E-state index contributed by atoms with van der Waals surface area (Å²) in [4.78, 5) is 38.3. The maximum absolute atomic E-state index is 13.4. The van der Waals surface area contributed by atoms with Gasteiger partial charge in [0.2, 0.25) is 17.7 Å². The molecule has 27 heavy (non-hydrogen) atoms. The van der Waals surface area contributed by atoms with Crippen molar-refractivity contribution in [3.05, 3.63) is 53.8 Å². The largest absolute Gasteiger partial charge is 0.326 e. The molecule has 2 N–H and O–H groups in total. The molecule has 0 spiro atoms. The highest BCUT2D eigenvalue weighted by Crippen LogP contribution is 2.34. The van der Waals surface area contributed by atoms with Crippen LogP contribution in [0.1, 0.15) is 30.7 Å². The first-order valence-electron chi connectivity index (χ1n) is 8.82. The molecule has 2 heterocycles. The molecule has 1 saturated heterocycles. The molecule has 2 aliphatic rings. The molecule has 0 aromatic heterocycles. The van der Waals surface area contributed by atoms with Gasteiger partial charge in [-0.05, 0) is 42.3 Å². The van der Waals surface area contributed by atoms with Crippen LogP contribution in [0.2, 0.25) is 0 Å². The van der Waals surface area contributed by atoms with Crippen LogP contribution in [0.25, 0.3) is 0 Å². The third kappa shape index (κ3) is 3.40. The first kappa shape index (κ1) is 17.2. The van der Waals surface area contributed by atoms with Gasteiger partial charge in [0.15, 0.2) is 0 Å². The van der Waals surface area contributed by atoms with E-state index in [1.165, 1.54) is 18.2 Å². The summed E-state index contributed by atoms with van der Waals surface area (Å²) < 4.78 is 13.4. The van der Waals surface area contributed by atoms with Crippen LogP contribution >= 0.6 is 0 Å². The third-order valence-electron chi connectivity index (χ3n) is 4.87. The van der Waals surface area contributed by atoms with Crippen molar-refractivity contribution >= 4 is 34.8 Å². The molecule has 4 rings (SSSR count). The molecule has 138 valence electrons. The average Bonchev–Trinajstić information content (AvgIpc) is 3.07. The summed E-state index contributed by atoms with van der Waals surface area (Å²) in [5.41, 5.74) is 2.19. The Balaban J connectivity index is 1.56. The van der Waals surface area contributed by atoms with Gasteiger partial charge in [-0.1, -0.05) is 12.1 Å². The van der Waals surface area contributed by atoms with Crippen molar-refractivity contribution in [2.45, 2.75) is 25.2 Å². The number of nitrogens with zero attached hydrogens (tertiary/aromatic N) is 1. The number of anilines is 3. The number of rotatable bonds is 3. The van der Waals surface area contributed by atoms with Gasteiger partial charge in [-0.25, -0.2) is 4.39 Å². The summed E-state index contributed by atoms with van der Waals surface area (Å²) in [5, 5.41) is 5.41. The average molecular weight is 367 g/mol. The van der Waals surface area contributed by atoms with Crippen LogP contribution < -0.4 is 15.5 Å². The van der Waals surface area contributed by atoms with Crippen LogP contribution in [0, 0.1) is 5.82 Å². The van der Waals surface area contributed by atoms with Gasteiger partial charge in [-0.15, -0.1) is 0 Å². The zero-order valence-corrected chi connectivity index (χ0v) is 14.5. The smallest absolute Gasteiger partial charge is 0.232 e. The molecule has 6 nitrogen and oxygen atoms in total. The van der Waals surface area contributed by atoms with Crippen molar-refractivity contribution in [2.24, 2.45) is 0 Å². The van der Waals surface area contributed by atoms with E-state index in [9.17, 15) is 18.8 Å². The number of carbonyl (C=O) groups is 3. The number of amides is 3. The number of fused-ring (bicyclic) bond motifs is 1. The van der Waals surface area contributed by atoms with Crippen molar-refractivity contribution in [3.63, 3.8) is 0 Å². The Hall–Kier alpha value is -3.22. The van der Waals surface area contributed by atoms with Gasteiger partial charge >= 0.3 is 0 Å². The maximum atomic E-state index is 13.4. The fourth-order valence-corrected chi connectivity index (χ4v) is 3.57. The standard InChI is InChI=1S/C20H18FN3O3/c21-12-6-7-15-16(11-18(25)23-17(15)9-12)20(27)22-13-3-1-4-14(10-13)24-8-2-5-19(24)26/h1,3-4,6-7,9-10,16H,2,5,8,11H2,(H,22,27)(H,23,25). The summed E-state index contributed by atoms with van der Waals surface area (Å²) in [6.45, 7) is 0.665. The van der Waals surface area contributed by atoms with E-state index < -0.39 is 11.7 Å². The molecule has 0 saturated carbocycles. The second-order valence-corrected chi connectivity index (χ2v) is 6.72. The van der Waals surface area contributed by atoms with Crippen LogP contribution in [0.4, 0.5) is 21.5 Å².